The zero-order valence-corrected chi connectivity index (χ0v) is 13.6. The molecule has 1 atom stereocenters. The minimum absolute atomic E-state index is 0.340. The molecule has 27 heavy (non-hydrogen) atoms. The van der Waals surface area contributed by atoms with Crippen molar-refractivity contribution in [2.24, 2.45) is 0 Å². The Morgan fingerprint density at radius 1 is 1.19 bits per heavy atom. The molecule has 0 saturated carbocycles. The lowest BCUT2D eigenvalue weighted by atomic mass is 10.1. The maximum absolute atomic E-state index is 12.8. The average Bonchev–Trinajstić information content (AvgIpc) is 3.05. The highest BCUT2D eigenvalue weighted by atomic mass is 19.4. The van der Waals surface area contributed by atoms with Crippen LogP contribution >= 0.6 is 0 Å². The number of amides is 2. The van der Waals surface area contributed by atoms with Crippen molar-refractivity contribution in [3.8, 4) is 0 Å². The van der Waals surface area contributed by atoms with Crippen LogP contribution in [0.25, 0.3) is 10.8 Å². The number of nitrogens with one attached hydrogen (secondary N) is 2. The van der Waals surface area contributed by atoms with E-state index in [1.165, 1.54) is 0 Å². The number of hydrogen-bond donors (Lipinski definition) is 2. The number of benzene rings is 2. The Bertz CT molecular complexity index is 1060. The first-order chi connectivity index (χ1) is 12.8. The summed E-state index contributed by atoms with van der Waals surface area (Å²) in [6, 6.07) is 11.5. The highest BCUT2D eigenvalue weighted by Crippen LogP contribution is 2.31. The van der Waals surface area contributed by atoms with E-state index in [4.69, 9.17) is 0 Å². The lowest BCUT2D eigenvalue weighted by Crippen LogP contribution is -2.36. The first-order valence-electron chi connectivity index (χ1n) is 7.94. The minimum atomic E-state index is -4.78. The van der Waals surface area contributed by atoms with Crippen LogP contribution in [0.15, 0.2) is 42.5 Å². The van der Waals surface area contributed by atoms with Crippen molar-refractivity contribution in [3.63, 3.8) is 0 Å². The number of hydrogen-bond acceptors (Lipinski definition) is 4. The van der Waals surface area contributed by atoms with Crippen LogP contribution in [0.1, 0.15) is 18.3 Å². The normalized spacial score (nSPS) is 16.7. The van der Waals surface area contributed by atoms with E-state index in [0.29, 0.717) is 5.69 Å². The Morgan fingerprint density at radius 3 is 2.67 bits per heavy atom. The molecule has 1 aliphatic rings. The van der Waals surface area contributed by atoms with Crippen molar-refractivity contribution >= 4 is 34.2 Å². The standard InChI is InChI=1S/C17H12F3N5O2/c18-17(19,20)15-23-16-22-13(26)8-12(25(16)24-15)14(27)21-11-6-5-9-3-1-2-4-10(9)7-11/h1-7,12H,8H2,(H,21,27)(H,22,23,24,26). The van der Waals surface area contributed by atoms with Gasteiger partial charge in [-0.3, -0.25) is 14.9 Å². The first kappa shape index (κ1) is 17.0. The van der Waals surface area contributed by atoms with Crippen molar-refractivity contribution in [1.29, 1.82) is 0 Å². The molecule has 2 heterocycles. The Kier molecular flexibility index (Phi) is 3.83. The largest absolute Gasteiger partial charge is 0.453 e. The van der Waals surface area contributed by atoms with Gasteiger partial charge in [-0.25, -0.2) is 4.68 Å². The molecule has 3 aromatic rings. The lowest BCUT2D eigenvalue weighted by Gasteiger charge is -2.22. The zero-order chi connectivity index (χ0) is 19.2. The van der Waals surface area contributed by atoms with Crippen LogP contribution in [0.3, 0.4) is 0 Å². The first-order valence-corrected chi connectivity index (χ1v) is 7.94. The van der Waals surface area contributed by atoms with Gasteiger partial charge >= 0.3 is 6.18 Å². The molecule has 1 aliphatic heterocycles. The molecule has 0 radical (unpaired) electrons. The molecule has 0 saturated heterocycles. The molecule has 0 bridgehead atoms. The molecular formula is C17H12F3N5O2. The Balaban J connectivity index is 1.63. The molecule has 7 nitrogen and oxygen atoms in total. The summed E-state index contributed by atoms with van der Waals surface area (Å²) in [5.74, 6) is -3.08. The third kappa shape index (κ3) is 3.21. The van der Waals surface area contributed by atoms with Crippen molar-refractivity contribution in [2.75, 3.05) is 10.6 Å². The summed E-state index contributed by atoms with van der Waals surface area (Å²) in [6.07, 6.45) is -5.12. The third-order valence-electron chi connectivity index (χ3n) is 4.13. The summed E-state index contributed by atoms with van der Waals surface area (Å²) in [4.78, 5) is 27.7. The molecule has 138 valence electrons. The number of carbonyl (C=O) groups excluding carboxylic acids is 2. The van der Waals surface area contributed by atoms with E-state index in [9.17, 15) is 22.8 Å². The van der Waals surface area contributed by atoms with Crippen LogP contribution in [-0.2, 0) is 15.8 Å². The van der Waals surface area contributed by atoms with Gasteiger partial charge in [0.25, 0.3) is 5.82 Å². The molecule has 0 aliphatic carbocycles. The van der Waals surface area contributed by atoms with Gasteiger partial charge < -0.3 is 5.32 Å². The monoisotopic (exact) mass is 375 g/mol. The molecular weight excluding hydrogens is 363 g/mol. The molecule has 1 aromatic heterocycles. The van der Waals surface area contributed by atoms with Gasteiger partial charge in [-0.2, -0.15) is 18.2 Å². The van der Waals surface area contributed by atoms with Gasteiger partial charge in [0.15, 0.2) is 0 Å². The minimum Gasteiger partial charge on any atom is -0.324 e. The Morgan fingerprint density at radius 2 is 1.93 bits per heavy atom. The quantitative estimate of drug-likeness (QED) is 0.721. The molecule has 0 fully saturated rings. The highest BCUT2D eigenvalue weighted by Gasteiger charge is 2.41. The second-order valence-corrected chi connectivity index (χ2v) is 6.02. The molecule has 4 rings (SSSR count). The third-order valence-corrected chi connectivity index (χ3v) is 4.13. The molecule has 2 aromatic carbocycles. The Labute approximate surface area is 150 Å². The van der Waals surface area contributed by atoms with Gasteiger partial charge in [-0.05, 0) is 22.9 Å². The summed E-state index contributed by atoms with van der Waals surface area (Å²) in [6.45, 7) is 0. The van der Waals surface area contributed by atoms with Crippen molar-refractivity contribution in [2.45, 2.75) is 18.6 Å². The molecule has 10 heteroatoms. The average molecular weight is 375 g/mol. The van der Waals surface area contributed by atoms with Crippen LogP contribution in [0.2, 0.25) is 0 Å². The molecule has 2 N–H and O–H groups in total. The van der Waals surface area contributed by atoms with E-state index in [1.807, 2.05) is 24.3 Å². The maximum atomic E-state index is 12.8. The SMILES string of the molecule is O=C1CC(C(=O)Nc2ccc3ccccc3c2)n2nc(C(F)(F)F)nc2N1. The van der Waals surface area contributed by atoms with Gasteiger partial charge in [0, 0.05) is 5.69 Å². The smallest absolute Gasteiger partial charge is 0.324 e. The highest BCUT2D eigenvalue weighted by molar-refractivity contribution is 6.01. The fraction of sp³-hybridized carbons (Fsp3) is 0.176. The molecule has 1 unspecified atom stereocenters. The fourth-order valence-electron chi connectivity index (χ4n) is 2.88. The summed E-state index contributed by atoms with van der Waals surface area (Å²) >= 11 is 0. The number of halogens is 3. The number of aromatic nitrogens is 3. The lowest BCUT2D eigenvalue weighted by molar-refractivity contribution is -0.145. The van der Waals surface area contributed by atoms with Gasteiger partial charge in [0.1, 0.15) is 6.04 Å². The van der Waals surface area contributed by atoms with Gasteiger partial charge in [-0.15, -0.1) is 5.10 Å². The van der Waals surface area contributed by atoms with E-state index in [1.54, 1.807) is 18.2 Å². The second kappa shape index (κ2) is 6.08. The molecule has 2 amide bonds. The van der Waals surface area contributed by atoms with Crippen molar-refractivity contribution in [3.05, 3.63) is 48.3 Å². The summed E-state index contributed by atoms with van der Waals surface area (Å²) in [7, 11) is 0. The van der Waals surface area contributed by atoms with Crippen LogP contribution in [0, 0.1) is 0 Å². The predicted molar refractivity (Wildman–Crippen MR) is 89.9 cm³/mol. The number of nitrogens with zero attached hydrogens (tertiary/aromatic N) is 3. The zero-order valence-electron chi connectivity index (χ0n) is 13.6. The number of fused-ring (bicyclic) bond motifs is 2. The van der Waals surface area contributed by atoms with Crippen molar-refractivity contribution in [1.82, 2.24) is 14.8 Å². The van der Waals surface area contributed by atoms with E-state index >= 15 is 0 Å². The Hall–Kier alpha value is -3.43. The van der Waals surface area contributed by atoms with Gasteiger partial charge in [0.2, 0.25) is 17.8 Å². The fourth-order valence-corrected chi connectivity index (χ4v) is 2.88. The predicted octanol–water partition coefficient (Wildman–Crippen LogP) is 2.97. The van der Waals surface area contributed by atoms with E-state index in [2.05, 4.69) is 20.7 Å². The maximum Gasteiger partial charge on any atom is 0.453 e. The summed E-state index contributed by atoms with van der Waals surface area (Å²) < 4.78 is 39.3. The van der Waals surface area contributed by atoms with E-state index in [0.717, 1.165) is 15.5 Å². The summed E-state index contributed by atoms with van der Waals surface area (Å²) in [5.41, 5.74) is 0.461. The number of alkyl halides is 3. The topological polar surface area (TPSA) is 88.9 Å². The second-order valence-electron chi connectivity index (χ2n) is 6.02. The van der Waals surface area contributed by atoms with Crippen LogP contribution < -0.4 is 10.6 Å². The summed E-state index contributed by atoms with van der Waals surface area (Å²) in [5, 5.41) is 10.0. The van der Waals surface area contributed by atoms with Crippen molar-refractivity contribution < 1.29 is 22.8 Å². The van der Waals surface area contributed by atoms with Crippen LogP contribution in [-0.4, -0.2) is 26.6 Å². The van der Waals surface area contributed by atoms with Gasteiger partial charge in [-0.1, -0.05) is 30.3 Å². The van der Waals surface area contributed by atoms with Crippen LogP contribution in [0.4, 0.5) is 24.8 Å². The number of rotatable bonds is 2. The van der Waals surface area contributed by atoms with Gasteiger partial charge in [0.05, 0.1) is 6.42 Å². The van der Waals surface area contributed by atoms with Crippen LogP contribution in [0.5, 0.6) is 0 Å². The number of carbonyl (C=O) groups is 2. The van der Waals surface area contributed by atoms with E-state index < -0.39 is 35.8 Å². The van der Waals surface area contributed by atoms with E-state index in [-0.39, 0.29) is 6.42 Å². The molecule has 0 spiro atoms. The number of anilines is 2.